The minimum absolute atomic E-state index is 0.222. The van der Waals surface area contributed by atoms with E-state index in [0.29, 0.717) is 12.3 Å². The predicted octanol–water partition coefficient (Wildman–Crippen LogP) is -1.28. The molecular formula is C9H19N3O3. The van der Waals surface area contributed by atoms with Crippen LogP contribution in [0.3, 0.4) is 0 Å². The van der Waals surface area contributed by atoms with Crippen LogP contribution in [-0.2, 0) is 14.3 Å². The first-order valence-corrected chi connectivity index (χ1v) is 4.81. The van der Waals surface area contributed by atoms with Crippen molar-refractivity contribution in [2.75, 3.05) is 6.61 Å². The molecule has 0 aliphatic heterocycles. The summed E-state index contributed by atoms with van der Waals surface area (Å²) < 4.78 is 4.74. The van der Waals surface area contributed by atoms with Gasteiger partial charge in [0, 0.05) is 0 Å². The fourth-order valence-corrected chi connectivity index (χ4v) is 0.965. The number of nitrogens with two attached hydrogens (primary N) is 3. The fraction of sp³-hybridized carbons (Fsp3) is 0.778. The highest BCUT2D eigenvalue weighted by atomic mass is 16.5. The van der Waals surface area contributed by atoms with Crippen LogP contribution in [0.25, 0.3) is 0 Å². The Morgan fingerprint density at radius 2 is 1.73 bits per heavy atom. The molecule has 0 rings (SSSR count). The summed E-state index contributed by atoms with van der Waals surface area (Å²) in [6.45, 7) is 3.67. The van der Waals surface area contributed by atoms with Gasteiger partial charge in [0.1, 0.15) is 18.7 Å². The molecule has 0 radical (unpaired) electrons. The Balaban J connectivity index is 3.88. The number of amides is 1. The highest BCUT2D eigenvalue weighted by Gasteiger charge is 2.18. The SMILES string of the molecule is CC(C)C[C@H](N)C(=O)OC[C@H](N)C(N)=O. The van der Waals surface area contributed by atoms with E-state index >= 15 is 0 Å². The molecule has 0 bridgehead atoms. The van der Waals surface area contributed by atoms with Crippen LogP contribution in [0.2, 0.25) is 0 Å². The second kappa shape index (κ2) is 6.36. The van der Waals surface area contributed by atoms with Crippen LogP contribution < -0.4 is 17.2 Å². The molecule has 0 aromatic carbocycles. The molecule has 1 amide bonds. The van der Waals surface area contributed by atoms with E-state index in [2.05, 4.69) is 0 Å². The molecule has 88 valence electrons. The van der Waals surface area contributed by atoms with Crippen molar-refractivity contribution in [3.8, 4) is 0 Å². The molecule has 0 unspecified atom stereocenters. The first kappa shape index (κ1) is 13.9. The van der Waals surface area contributed by atoms with Crippen LogP contribution in [0.15, 0.2) is 0 Å². The highest BCUT2D eigenvalue weighted by molar-refractivity contribution is 5.80. The van der Waals surface area contributed by atoms with Gasteiger partial charge in [0.25, 0.3) is 0 Å². The Hall–Kier alpha value is -1.14. The second-order valence-electron chi connectivity index (χ2n) is 3.87. The highest BCUT2D eigenvalue weighted by Crippen LogP contribution is 2.03. The molecule has 0 fully saturated rings. The summed E-state index contributed by atoms with van der Waals surface area (Å²) in [6, 6.07) is -1.65. The average Bonchev–Trinajstić information content (AvgIpc) is 2.12. The number of rotatable bonds is 6. The van der Waals surface area contributed by atoms with Crippen molar-refractivity contribution < 1.29 is 14.3 Å². The summed E-state index contributed by atoms with van der Waals surface area (Å²) in [5.41, 5.74) is 15.7. The first-order chi connectivity index (χ1) is 6.84. The molecule has 6 heteroatoms. The lowest BCUT2D eigenvalue weighted by atomic mass is 10.1. The predicted molar refractivity (Wildman–Crippen MR) is 55.6 cm³/mol. The molecule has 2 atom stereocenters. The van der Waals surface area contributed by atoms with Gasteiger partial charge >= 0.3 is 5.97 Å². The zero-order chi connectivity index (χ0) is 12.0. The summed E-state index contributed by atoms with van der Waals surface area (Å²) in [5, 5.41) is 0. The van der Waals surface area contributed by atoms with Crippen molar-refractivity contribution in [2.45, 2.75) is 32.4 Å². The molecule has 15 heavy (non-hydrogen) atoms. The number of hydrogen-bond acceptors (Lipinski definition) is 5. The lowest BCUT2D eigenvalue weighted by molar-refractivity contribution is -0.146. The molecule has 0 aromatic heterocycles. The Kier molecular flexibility index (Phi) is 5.88. The number of primary amides is 1. The van der Waals surface area contributed by atoms with Crippen LogP contribution in [0.5, 0.6) is 0 Å². The van der Waals surface area contributed by atoms with Crippen molar-refractivity contribution in [3.05, 3.63) is 0 Å². The van der Waals surface area contributed by atoms with Gasteiger partial charge in [-0.15, -0.1) is 0 Å². The zero-order valence-electron chi connectivity index (χ0n) is 9.10. The molecule has 0 saturated carbocycles. The number of carbonyl (C=O) groups is 2. The summed E-state index contributed by atoms with van der Waals surface area (Å²) in [5.74, 6) is -0.960. The lowest BCUT2D eigenvalue weighted by Gasteiger charge is -2.14. The smallest absolute Gasteiger partial charge is 0.322 e. The van der Waals surface area contributed by atoms with Gasteiger partial charge in [-0.05, 0) is 12.3 Å². The molecular weight excluding hydrogens is 198 g/mol. The molecule has 6 nitrogen and oxygen atoms in total. The lowest BCUT2D eigenvalue weighted by Crippen LogP contribution is -2.43. The number of ether oxygens (including phenoxy) is 1. The molecule has 0 aromatic rings. The van der Waals surface area contributed by atoms with Crippen LogP contribution in [0, 0.1) is 5.92 Å². The Morgan fingerprint density at radius 1 is 1.20 bits per heavy atom. The molecule has 0 heterocycles. The van der Waals surface area contributed by atoms with E-state index < -0.39 is 24.0 Å². The number of carbonyl (C=O) groups excluding carboxylic acids is 2. The zero-order valence-corrected chi connectivity index (χ0v) is 9.10. The molecule has 0 saturated heterocycles. The van der Waals surface area contributed by atoms with E-state index in [9.17, 15) is 9.59 Å². The number of esters is 1. The topological polar surface area (TPSA) is 121 Å². The van der Waals surface area contributed by atoms with Gasteiger partial charge in [0.2, 0.25) is 5.91 Å². The minimum Gasteiger partial charge on any atom is -0.462 e. The van der Waals surface area contributed by atoms with Crippen molar-refractivity contribution in [3.63, 3.8) is 0 Å². The van der Waals surface area contributed by atoms with Crippen molar-refractivity contribution >= 4 is 11.9 Å². The normalized spacial score (nSPS) is 14.7. The van der Waals surface area contributed by atoms with Crippen molar-refractivity contribution in [1.82, 2.24) is 0 Å². The quantitative estimate of drug-likeness (QED) is 0.478. The van der Waals surface area contributed by atoms with E-state index in [1.807, 2.05) is 13.8 Å². The summed E-state index contributed by atoms with van der Waals surface area (Å²) in [7, 11) is 0. The van der Waals surface area contributed by atoms with Crippen LogP contribution in [0.4, 0.5) is 0 Å². The maximum Gasteiger partial charge on any atom is 0.322 e. The second-order valence-corrected chi connectivity index (χ2v) is 3.87. The van der Waals surface area contributed by atoms with Crippen molar-refractivity contribution in [1.29, 1.82) is 0 Å². The molecule has 0 aliphatic rings. The third-order valence-corrected chi connectivity index (χ3v) is 1.80. The average molecular weight is 217 g/mol. The standard InChI is InChI=1S/C9H19N3O3/c1-5(2)3-6(10)9(14)15-4-7(11)8(12)13/h5-7H,3-4,10-11H2,1-2H3,(H2,12,13)/t6-,7-/m0/s1. The van der Waals surface area contributed by atoms with E-state index in [-0.39, 0.29) is 6.61 Å². The third kappa shape index (κ3) is 6.03. The summed E-state index contributed by atoms with van der Waals surface area (Å²) >= 11 is 0. The third-order valence-electron chi connectivity index (χ3n) is 1.80. The minimum atomic E-state index is -0.972. The van der Waals surface area contributed by atoms with Gasteiger partial charge in [-0.2, -0.15) is 0 Å². The van der Waals surface area contributed by atoms with Crippen LogP contribution >= 0.6 is 0 Å². The Bertz CT molecular complexity index is 231. The first-order valence-electron chi connectivity index (χ1n) is 4.81. The van der Waals surface area contributed by atoms with Gasteiger partial charge in [-0.3, -0.25) is 9.59 Å². The summed E-state index contributed by atoms with van der Waals surface area (Å²) in [6.07, 6.45) is 0.532. The fourth-order valence-electron chi connectivity index (χ4n) is 0.965. The molecule has 6 N–H and O–H groups in total. The maximum absolute atomic E-state index is 11.3. The van der Waals surface area contributed by atoms with E-state index in [0.717, 1.165) is 0 Å². The van der Waals surface area contributed by atoms with Crippen LogP contribution in [0.1, 0.15) is 20.3 Å². The van der Waals surface area contributed by atoms with E-state index in [4.69, 9.17) is 21.9 Å². The largest absolute Gasteiger partial charge is 0.462 e. The van der Waals surface area contributed by atoms with Gasteiger partial charge in [-0.1, -0.05) is 13.8 Å². The summed E-state index contributed by atoms with van der Waals surface area (Å²) in [4.78, 5) is 21.8. The Morgan fingerprint density at radius 3 is 2.13 bits per heavy atom. The maximum atomic E-state index is 11.3. The monoisotopic (exact) mass is 217 g/mol. The van der Waals surface area contributed by atoms with Gasteiger partial charge in [0.05, 0.1) is 0 Å². The number of hydrogen-bond donors (Lipinski definition) is 3. The molecule has 0 spiro atoms. The molecule has 0 aliphatic carbocycles. The van der Waals surface area contributed by atoms with Crippen molar-refractivity contribution in [2.24, 2.45) is 23.1 Å². The Labute approximate surface area is 89.1 Å². The van der Waals surface area contributed by atoms with Gasteiger partial charge in [0.15, 0.2) is 0 Å². The van der Waals surface area contributed by atoms with E-state index in [1.54, 1.807) is 0 Å². The van der Waals surface area contributed by atoms with Gasteiger partial charge in [-0.25, -0.2) is 0 Å². The van der Waals surface area contributed by atoms with Gasteiger partial charge < -0.3 is 21.9 Å². The van der Waals surface area contributed by atoms with E-state index in [1.165, 1.54) is 0 Å². The van der Waals surface area contributed by atoms with Crippen LogP contribution in [-0.4, -0.2) is 30.6 Å².